The maximum atomic E-state index is 14.2. The second kappa shape index (κ2) is 12.9. The molecule has 4 amide bonds. The van der Waals surface area contributed by atoms with E-state index >= 15 is 0 Å². The SMILES string of the molecule is CN1CCCCCCCCC[C@@H](B2OC3C[C@H]4C[C@H](C4(C)C)[C@@]3(C)O2)NC(=O)[C@@H]2C[C@@H](OC(=O)N3Cc4ccccc4C3)CN2C1=O. The highest BCUT2D eigenvalue weighted by atomic mass is 16.7. The number of ether oxygens (including phenoxy) is 1. The molecule has 1 aromatic rings. The third kappa shape index (κ3) is 6.15. The average molecular weight is 649 g/mol. The molecule has 6 fully saturated rings. The van der Waals surface area contributed by atoms with Crippen molar-refractivity contribution in [2.45, 2.75) is 134 Å². The summed E-state index contributed by atoms with van der Waals surface area (Å²) in [5.41, 5.74) is 2.10. The van der Waals surface area contributed by atoms with Crippen molar-refractivity contribution in [3.8, 4) is 0 Å². The number of urea groups is 1. The Hall–Kier alpha value is -2.79. The maximum Gasteiger partial charge on any atom is 0.481 e. The van der Waals surface area contributed by atoms with Crippen LogP contribution in [-0.2, 0) is 31.9 Å². The van der Waals surface area contributed by atoms with E-state index in [1.807, 2.05) is 24.3 Å². The Bertz CT molecular complexity index is 1340. The average Bonchev–Trinajstić information content (AvgIpc) is 3.76. The van der Waals surface area contributed by atoms with Gasteiger partial charge in [-0.05, 0) is 61.0 Å². The predicted molar refractivity (Wildman–Crippen MR) is 178 cm³/mol. The summed E-state index contributed by atoms with van der Waals surface area (Å²) in [5, 5.41) is 3.31. The number of carbonyl (C=O) groups excluding carboxylic acids is 3. The lowest BCUT2D eigenvalue weighted by molar-refractivity contribution is -0.199. The molecule has 1 unspecified atom stereocenters. The Labute approximate surface area is 280 Å². The van der Waals surface area contributed by atoms with Crippen LogP contribution in [0, 0.1) is 17.3 Å². The molecule has 7 atom stereocenters. The van der Waals surface area contributed by atoms with Gasteiger partial charge >= 0.3 is 19.2 Å². The summed E-state index contributed by atoms with van der Waals surface area (Å²) in [7, 11) is 1.28. The Morgan fingerprint density at radius 2 is 1.64 bits per heavy atom. The van der Waals surface area contributed by atoms with Crippen LogP contribution in [0.4, 0.5) is 9.59 Å². The Kier molecular flexibility index (Phi) is 9.00. The number of amides is 4. The summed E-state index contributed by atoms with van der Waals surface area (Å²) in [6.45, 7) is 8.73. The van der Waals surface area contributed by atoms with Crippen LogP contribution in [0.2, 0.25) is 0 Å². The van der Waals surface area contributed by atoms with Crippen LogP contribution in [0.3, 0.4) is 0 Å². The van der Waals surface area contributed by atoms with Crippen molar-refractivity contribution in [3.05, 3.63) is 35.4 Å². The highest BCUT2D eigenvalue weighted by molar-refractivity contribution is 6.47. The summed E-state index contributed by atoms with van der Waals surface area (Å²) in [6, 6.07) is 7.07. The molecular weight excluding hydrogens is 595 g/mol. The van der Waals surface area contributed by atoms with Crippen LogP contribution in [0.25, 0.3) is 0 Å². The first-order chi connectivity index (χ1) is 22.5. The van der Waals surface area contributed by atoms with E-state index in [9.17, 15) is 14.4 Å². The Morgan fingerprint density at radius 3 is 2.34 bits per heavy atom. The minimum atomic E-state index is -0.750. The van der Waals surface area contributed by atoms with Gasteiger partial charge in [0.15, 0.2) is 0 Å². The number of rotatable bonds is 2. The van der Waals surface area contributed by atoms with Gasteiger partial charge in [-0.2, -0.15) is 0 Å². The van der Waals surface area contributed by atoms with Crippen molar-refractivity contribution >= 4 is 25.1 Å². The monoisotopic (exact) mass is 648 g/mol. The van der Waals surface area contributed by atoms with Crippen molar-refractivity contribution in [1.29, 1.82) is 0 Å². The number of hydrogen-bond acceptors (Lipinski definition) is 6. The Morgan fingerprint density at radius 1 is 0.957 bits per heavy atom. The smallest absolute Gasteiger partial charge is 0.444 e. The summed E-state index contributed by atoms with van der Waals surface area (Å²) in [4.78, 5) is 46.4. The lowest BCUT2D eigenvalue weighted by atomic mass is 9.43. The van der Waals surface area contributed by atoms with Crippen molar-refractivity contribution in [3.63, 3.8) is 0 Å². The fraction of sp³-hybridized carbons (Fsp3) is 0.750. The molecule has 4 aliphatic heterocycles. The van der Waals surface area contributed by atoms with Gasteiger partial charge in [-0.3, -0.25) is 9.69 Å². The van der Waals surface area contributed by atoms with Gasteiger partial charge in [0.2, 0.25) is 5.91 Å². The fourth-order valence-corrected chi connectivity index (χ4v) is 9.56. The molecule has 4 heterocycles. The van der Waals surface area contributed by atoms with Gasteiger partial charge < -0.3 is 29.2 Å². The van der Waals surface area contributed by atoms with Crippen LogP contribution in [0.1, 0.15) is 103 Å². The number of benzene rings is 1. The van der Waals surface area contributed by atoms with Crippen LogP contribution in [0.5, 0.6) is 0 Å². The molecule has 1 aromatic carbocycles. The summed E-state index contributed by atoms with van der Waals surface area (Å²) < 4.78 is 19.5. The molecule has 256 valence electrons. The third-order valence-corrected chi connectivity index (χ3v) is 12.6. The van der Waals surface area contributed by atoms with Gasteiger partial charge in [0.1, 0.15) is 12.1 Å². The molecule has 10 nitrogen and oxygen atoms in total. The third-order valence-electron chi connectivity index (χ3n) is 12.6. The second-order valence-corrected chi connectivity index (χ2v) is 16.0. The van der Waals surface area contributed by atoms with E-state index in [2.05, 4.69) is 26.1 Å². The first-order valence-electron chi connectivity index (χ1n) is 18.2. The van der Waals surface area contributed by atoms with E-state index < -0.39 is 25.4 Å². The molecule has 8 rings (SSSR count). The minimum Gasteiger partial charge on any atom is -0.444 e. The van der Waals surface area contributed by atoms with E-state index in [4.69, 9.17) is 14.0 Å². The molecule has 2 bridgehead atoms. The van der Waals surface area contributed by atoms with Gasteiger partial charge in [-0.1, -0.05) is 76.6 Å². The van der Waals surface area contributed by atoms with Crippen LogP contribution in [-0.4, -0.2) is 89.8 Å². The van der Waals surface area contributed by atoms with Crippen LogP contribution < -0.4 is 5.32 Å². The van der Waals surface area contributed by atoms with E-state index in [0.717, 1.165) is 62.5 Å². The summed E-state index contributed by atoms with van der Waals surface area (Å²) in [5.74, 6) is 0.525. The normalized spacial score (nSPS) is 35.9. The number of nitrogens with zero attached hydrogens (tertiary/aromatic N) is 3. The first kappa shape index (κ1) is 32.7. The number of nitrogens with one attached hydrogen (secondary N) is 1. The molecule has 3 aliphatic carbocycles. The number of carbonyl (C=O) groups is 3. The van der Waals surface area contributed by atoms with E-state index in [1.165, 1.54) is 12.8 Å². The second-order valence-electron chi connectivity index (χ2n) is 16.0. The van der Waals surface area contributed by atoms with Gasteiger partial charge in [0, 0.05) is 33.1 Å². The van der Waals surface area contributed by atoms with Crippen molar-refractivity contribution in [1.82, 2.24) is 20.0 Å². The fourth-order valence-electron chi connectivity index (χ4n) is 9.56. The highest BCUT2D eigenvalue weighted by Crippen LogP contribution is 2.65. The summed E-state index contributed by atoms with van der Waals surface area (Å²) >= 11 is 0. The standard InChI is InChI=1S/C36H53BN4O6/c1-35(2)26-18-29(35)36(3)30(19-26)46-37(47-36)31-16-10-8-6-5-7-9-13-17-39(4)33(43)41-23-27(20-28(41)32(42)38-31)45-34(44)40-21-24-14-11-12-15-25(24)22-40/h11-12,14-15,26-31H,5-10,13,16-23H2,1-4H3,(H,38,42)/t26-,27-,28+,29-,30?,31+,36-/m1/s1. The molecular formula is C36H53BN4O6. The largest absolute Gasteiger partial charge is 0.481 e. The van der Waals surface area contributed by atoms with Crippen LogP contribution in [0.15, 0.2) is 24.3 Å². The quantitative estimate of drug-likeness (QED) is 0.424. The molecule has 0 spiro atoms. The lowest BCUT2D eigenvalue weighted by Gasteiger charge is -2.64. The molecule has 3 saturated carbocycles. The zero-order valence-corrected chi connectivity index (χ0v) is 28.7. The molecule has 1 N–H and O–H groups in total. The predicted octanol–water partition coefficient (Wildman–Crippen LogP) is 5.52. The van der Waals surface area contributed by atoms with E-state index in [1.54, 1.807) is 21.7 Å². The Balaban J connectivity index is 1.07. The number of hydrogen-bond donors (Lipinski definition) is 1. The molecule has 0 aromatic heterocycles. The zero-order chi connectivity index (χ0) is 32.9. The molecule has 47 heavy (non-hydrogen) atoms. The zero-order valence-electron chi connectivity index (χ0n) is 28.7. The van der Waals surface area contributed by atoms with Crippen molar-refractivity contribution in [2.75, 3.05) is 20.1 Å². The molecule has 7 aliphatic rings. The van der Waals surface area contributed by atoms with E-state index in [-0.39, 0.29) is 48.0 Å². The van der Waals surface area contributed by atoms with Crippen molar-refractivity contribution < 1.29 is 28.4 Å². The topological polar surface area (TPSA) is 101 Å². The minimum absolute atomic E-state index is 0.0280. The summed E-state index contributed by atoms with van der Waals surface area (Å²) in [6.07, 6.45) is 9.78. The first-order valence-corrected chi connectivity index (χ1v) is 18.2. The van der Waals surface area contributed by atoms with Crippen molar-refractivity contribution in [2.24, 2.45) is 17.3 Å². The molecule has 11 heteroatoms. The molecule has 0 radical (unpaired) electrons. The van der Waals surface area contributed by atoms with Crippen LogP contribution >= 0.6 is 0 Å². The highest BCUT2D eigenvalue weighted by Gasteiger charge is 2.68. The lowest BCUT2D eigenvalue weighted by Crippen LogP contribution is -2.65. The number of fused-ring (bicyclic) bond motifs is 2. The van der Waals surface area contributed by atoms with Gasteiger partial charge in [0.05, 0.1) is 24.2 Å². The maximum absolute atomic E-state index is 14.2. The van der Waals surface area contributed by atoms with Gasteiger partial charge in [-0.25, -0.2) is 9.59 Å². The van der Waals surface area contributed by atoms with E-state index in [0.29, 0.717) is 31.5 Å². The van der Waals surface area contributed by atoms with Gasteiger partial charge in [-0.15, -0.1) is 0 Å². The van der Waals surface area contributed by atoms with Gasteiger partial charge in [0.25, 0.3) is 0 Å². The molecule has 3 saturated heterocycles.